The zero-order valence-electron chi connectivity index (χ0n) is 12.6. The van der Waals surface area contributed by atoms with E-state index in [1.54, 1.807) is 6.20 Å². The quantitative estimate of drug-likeness (QED) is 0.883. The van der Waals surface area contributed by atoms with Gasteiger partial charge in [0.2, 0.25) is 0 Å². The van der Waals surface area contributed by atoms with Gasteiger partial charge in [-0.1, -0.05) is 6.92 Å². The van der Waals surface area contributed by atoms with Crippen LogP contribution in [-0.2, 0) is 0 Å². The van der Waals surface area contributed by atoms with Crippen molar-refractivity contribution in [1.29, 1.82) is 0 Å². The van der Waals surface area contributed by atoms with Gasteiger partial charge in [0, 0.05) is 31.9 Å². The molecule has 0 saturated carbocycles. The minimum atomic E-state index is -0.0176. The van der Waals surface area contributed by atoms with Crippen LogP contribution in [0.3, 0.4) is 0 Å². The van der Waals surface area contributed by atoms with Crippen molar-refractivity contribution in [3.05, 3.63) is 23.9 Å². The second-order valence-electron chi connectivity index (χ2n) is 6.15. The van der Waals surface area contributed by atoms with E-state index >= 15 is 0 Å². The molecule has 0 bridgehead atoms. The normalized spacial score (nSPS) is 25.9. The molecule has 1 aromatic rings. The van der Waals surface area contributed by atoms with Crippen molar-refractivity contribution >= 4 is 11.7 Å². The van der Waals surface area contributed by atoms with Crippen LogP contribution in [0.25, 0.3) is 0 Å². The molecule has 2 aliphatic heterocycles. The average molecular weight is 288 g/mol. The summed E-state index contributed by atoms with van der Waals surface area (Å²) in [5, 5.41) is 6.45. The number of amides is 1. The van der Waals surface area contributed by atoms with Gasteiger partial charge in [0.25, 0.3) is 5.91 Å². The number of pyridine rings is 1. The smallest absolute Gasteiger partial charge is 0.253 e. The molecule has 2 fully saturated rings. The molecular formula is C16H24N4O. The number of nitrogens with zero attached hydrogens (tertiary/aromatic N) is 2. The van der Waals surface area contributed by atoms with Gasteiger partial charge in [0.05, 0.1) is 5.56 Å². The van der Waals surface area contributed by atoms with Crippen LogP contribution in [-0.4, -0.2) is 43.1 Å². The third-order valence-corrected chi connectivity index (χ3v) is 4.58. The van der Waals surface area contributed by atoms with Gasteiger partial charge >= 0.3 is 0 Å². The van der Waals surface area contributed by atoms with Crippen LogP contribution < -0.4 is 15.5 Å². The summed E-state index contributed by atoms with van der Waals surface area (Å²) in [7, 11) is 0. The van der Waals surface area contributed by atoms with Crippen molar-refractivity contribution in [2.45, 2.75) is 32.2 Å². The fourth-order valence-electron chi connectivity index (χ4n) is 3.09. The summed E-state index contributed by atoms with van der Waals surface area (Å²) >= 11 is 0. The minimum absolute atomic E-state index is 0.0176. The largest absolute Gasteiger partial charge is 0.357 e. The second kappa shape index (κ2) is 6.43. The van der Waals surface area contributed by atoms with Crippen molar-refractivity contribution in [2.75, 3.05) is 31.1 Å². The molecule has 1 amide bonds. The van der Waals surface area contributed by atoms with Crippen molar-refractivity contribution in [3.63, 3.8) is 0 Å². The van der Waals surface area contributed by atoms with Crippen molar-refractivity contribution in [2.24, 2.45) is 5.92 Å². The summed E-state index contributed by atoms with van der Waals surface area (Å²) < 4.78 is 0. The van der Waals surface area contributed by atoms with Crippen molar-refractivity contribution in [1.82, 2.24) is 15.6 Å². The predicted octanol–water partition coefficient (Wildman–Crippen LogP) is 1.41. The number of nitrogens with one attached hydrogen (secondary N) is 2. The zero-order valence-corrected chi connectivity index (χ0v) is 12.6. The van der Waals surface area contributed by atoms with E-state index in [2.05, 4.69) is 27.4 Å². The standard InChI is InChI=1S/C16H24N4O/c1-12-6-7-17-11-14(12)19-16(21)13-4-5-15(18-10-13)20-8-2-3-9-20/h4-5,10,12,14,17H,2-3,6-9,11H2,1H3,(H,19,21). The highest BCUT2D eigenvalue weighted by atomic mass is 16.1. The summed E-state index contributed by atoms with van der Waals surface area (Å²) in [5.41, 5.74) is 0.649. The van der Waals surface area contributed by atoms with Gasteiger partial charge in [-0.3, -0.25) is 4.79 Å². The van der Waals surface area contributed by atoms with Gasteiger partial charge in [-0.15, -0.1) is 0 Å². The molecule has 2 N–H and O–H groups in total. The highest BCUT2D eigenvalue weighted by molar-refractivity contribution is 5.94. The third kappa shape index (κ3) is 3.35. The Labute approximate surface area is 126 Å². The Hall–Kier alpha value is -1.62. The van der Waals surface area contributed by atoms with E-state index in [0.29, 0.717) is 11.5 Å². The Morgan fingerprint density at radius 3 is 2.86 bits per heavy atom. The minimum Gasteiger partial charge on any atom is -0.357 e. The van der Waals surface area contributed by atoms with Crippen LogP contribution in [0.4, 0.5) is 5.82 Å². The van der Waals surface area contributed by atoms with Crippen molar-refractivity contribution in [3.8, 4) is 0 Å². The van der Waals surface area contributed by atoms with E-state index < -0.39 is 0 Å². The molecule has 2 saturated heterocycles. The lowest BCUT2D eigenvalue weighted by atomic mass is 9.94. The van der Waals surface area contributed by atoms with Gasteiger partial charge in [-0.25, -0.2) is 4.98 Å². The van der Waals surface area contributed by atoms with E-state index in [-0.39, 0.29) is 11.9 Å². The number of carbonyl (C=O) groups excluding carboxylic acids is 1. The Bertz CT molecular complexity index is 482. The highest BCUT2D eigenvalue weighted by Gasteiger charge is 2.23. The van der Waals surface area contributed by atoms with E-state index in [4.69, 9.17) is 0 Å². The monoisotopic (exact) mass is 288 g/mol. The van der Waals surface area contributed by atoms with Crippen LogP contribution in [0, 0.1) is 5.92 Å². The number of hydrogen-bond donors (Lipinski definition) is 2. The number of piperidine rings is 1. The lowest BCUT2D eigenvalue weighted by Crippen LogP contribution is -2.50. The Morgan fingerprint density at radius 1 is 1.38 bits per heavy atom. The summed E-state index contributed by atoms with van der Waals surface area (Å²) in [6.07, 6.45) is 5.27. The zero-order chi connectivity index (χ0) is 14.7. The van der Waals surface area contributed by atoms with Gasteiger partial charge in [0.15, 0.2) is 0 Å². The maximum Gasteiger partial charge on any atom is 0.253 e. The summed E-state index contributed by atoms with van der Waals surface area (Å²) in [6, 6.07) is 4.06. The van der Waals surface area contributed by atoms with Crippen LogP contribution in [0.15, 0.2) is 18.3 Å². The molecule has 5 heteroatoms. The first-order chi connectivity index (χ1) is 10.2. The maximum absolute atomic E-state index is 12.3. The Balaban J connectivity index is 1.61. The van der Waals surface area contributed by atoms with Crippen LogP contribution >= 0.6 is 0 Å². The second-order valence-corrected chi connectivity index (χ2v) is 6.15. The van der Waals surface area contributed by atoms with Gasteiger partial charge in [0.1, 0.15) is 5.82 Å². The van der Waals surface area contributed by atoms with E-state index in [1.165, 1.54) is 12.8 Å². The Kier molecular flexibility index (Phi) is 4.39. The summed E-state index contributed by atoms with van der Waals surface area (Å²) in [6.45, 7) is 6.24. The van der Waals surface area contributed by atoms with Crippen LogP contribution in [0.1, 0.15) is 36.5 Å². The molecule has 5 nitrogen and oxygen atoms in total. The van der Waals surface area contributed by atoms with Gasteiger partial charge in [-0.05, 0) is 43.9 Å². The molecule has 0 radical (unpaired) electrons. The average Bonchev–Trinajstić information content (AvgIpc) is 3.04. The molecule has 3 rings (SSSR count). The molecule has 1 aromatic heterocycles. The summed E-state index contributed by atoms with van der Waals surface area (Å²) in [5.74, 6) is 1.49. The highest BCUT2D eigenvalue weighted by Crippen LogP contribution is 2.18. The first kappa shape index (κ1) is 14.3. The molecule has 3 heterocycles. The molecule has 0 aliphatic carbocycles. The summed E-state index contributed by atoms with van der Waals surface area (Å²) in [4.78, 5) is 19.0. The molecular weight excluding hydrogens is 264 g/mol. The van der Waals surface area contributed by atoms with Crippen LogP contribution in [0.5, 0.6) is 0 Å². The van der Waals surface area contributed by atoms with Crippen LogP contribution in [0.2, 0.25) is 0 Å². The molecule has 21 heavy (non-hydrogen) atoms. The molecule has 2 aliphatic rings. The fraction of sp³-hybridized carbons (Fsp3) is 0.625. The molecule has 0 aromatic carbocycles. The fourth-order valence-corrected chi connectivity index (χ4v) is 3.09. The van der Waals surface area contributed by atoms with Gasteiger partial charge in [-0.2, -0.15) is 0 Å². The van der Waals surface area contributed by atoms with E-state index in [9.17, 15) is 4.79 Å². The van der Waals surface area contributed by atoms with E-state index in [1.807, 2.05) is 12.1 Å². The topological polar surface area (TPSA) is 57.3 Å². The first-order valence-electron chi connectivity index (χ1n) is 7.96. The van der Waals surface area contributed by atoms with E-state index in [0.717, 1.165) is 38.4 Å². The number of anilines is 1. The lowest BCUT2D eigenvalue weighted by molar-refractivity contribution is 0.0915. The molecule has 2 unspecified atom stereocenters. The molecule has 0 spiro atoms. The molecule has 114 valence electrons. The van der Waals surface area contributed by atoms with Crippen molar-refractivity contribution < 1.29 is 4.79 Å². The number of carbonyl (C=O) groups is 1. The maximum atomic E-state index is 12.3. The number of rotatable bonds is 3. The molecule has 2 atom stereocenters. The predicted molar refractivity (Wildman–Crippen MR) is 83.6 cm³/mol. The number of aromatic nitrogens is 1. The lowest BCUT2D eigenvalue weighted by Gasteiger charge is -2.30. The van der Waals surface area contributed by atoms with Gasteiger partial charge < -0.3 is 15.5 Å². The first-order valence-corrected chi connectivity index (χ1v) is 7.96. The SMILES string of the molecule is CC1CCNCC1NC(=O)c1ccc(N2CCCC2)nc1. The number of hydrogen-bond acceptors (Lipinski definition) is 4. The Morgan fingerprint density at radius 2 is 2.19 bits per heavy atom. The third-order valence-electron chi connectivity index (χ3n) is 4.58.